The third kappa shape index (κ3) is 2.00. The Kier molecular flexibility index (Phi) is 2.96. The molecule has 0 aliphatic carbocycles. The monoisotopic (exact) mass is 205 g/mol. The Bertz CT molecular complexity index is 354. The van der Waals surface area contributed by atoms with E-state index >= 15 is 0 Å². The van der Waals surface area contributed by atoms with Crippen molar-refractivity contribution in [2.24, 2.45) is 0 Å². The lowest BCUT2D eigenvalue weighted by atomic mass is 9.94. The van der Waals surface area contributed by atoms with Gasteiger partial charge >= 0.3 is 0 Å². The summed E-state index contributed by atoms with van der Waals surface area (Å²) in [5, 5.41) is 3.40. The standard InChI is InChI=1S/C13H19NO/c1-9-6-12(11-4-5-14-8-11)7-13(15-3)10(9)2/h6-7,11,14H,4-5,8H2,1-3H3. The van der Waals surface area contributed by atoms with Gasteiger partial charge in [-0.3, -0.25) is 0 Å². The van der Waals surface area contributed by atoms with Crippen LogP contribution in [-0.2, 0) is 0 Å². The van der Waals surface area contributed by atoms with Crippen LogP contribution < -0.4 is 10.1 Å². The third-order valence-electron chi connectivity index (χ3n) is 3.39. The van der Waals surface area contributed by atoms with Crippen molar-refractivity contribution in [2.45, 2.75) is 26.2 Å². The summed E-state index contributed by atoms with van der Waals surface area (Å²) in [7, 11) is 1.75. The van der Waals surface area contributed by atoms with Gasteiger partial charge in [0.2, 0.25) is 0 Å². The van der Waals surface area contributed by atoms with Gasteiger partial charge in [0, 0.05) is 6.54 Å². The zero-order valence-electron chi connectivity index (χ0n) is 9.76. The number of ether oxygens (including phenoxy) is 1. The zero-order valence-corrected chi connectivity index (χ0v) is 9.76. The number of benzene rings is 1. The quantitative estimate of drug-likeness (QED) is 0.800. The highest BCUT2D eigenvalue weighted by Crippen LogP contribution is 2.30. The molecule has 1 N–H and O–H groups in total. The summed E-state index contributed by atoms with van der Waals surface area (Å²) in [6, 6.07) is 4.50. The first kappa shape index (κ1) is 10.5. The molecule has 2 heteroatoms. The maximum absolute atomic E-state index is 5.41. The highest BCUT2D eigenvalue weighted by molar-refractivity contribution is 5.43. The molecule has 1 saturated heterocycles. The Morgan fingerprint density at radius 3 is 2.73 bits per heavy atom. The molecule has 0 bridgehead atoms. The van der Waals surface area contributed by atoms with Gasteiger partial charge in [-0.05, 0) is 55.5 Å². The lowest BCUT2D eigenvalue weighted by Gasteiger charge is -2.14. The second kappa shape index (κ2) is 4.23. The lowest BCUT2D eigenvalue weighted by Crippen LogP contribution is -2.08. The average Bonchev–Trinajstić information content (AvgIpc) is 2.75. The van der Waals surface area contributed by atoms with Crippen LogP contribution >= 0.6 is 0 Å². The minimum Gasteiger partial charge on any atom is -0.496 e. The van der Waals surface area contributed by atoms with E-state index in [0.717, 1.165) is 18.8 Å². The Balaban J connectivity index is 2.35. The minimum absolute atomic E-state index is 0.665. The minimum atomic E-state index is 0.665. The molecule has 15 heavy (non-hydrogen) atoms. The molecule has 0 spiro atoms. The van der Waals surface area contributed by atoms with Crippen molar-refractivity contribution in [3.8, 4) is 5.75 Å². The highest BCUT2D eigenvalue weighted by atomic mass is 16.5. The molecule has 0 radical (unpaired) electrons. The van der Waals surface area contributed by atoms with Crippen LogP contribution in [0.5, 0.6) is 5.75 Å². The van der Waals surface area contributed by atoms with Crippen molar-refractivity contribution in [3.05, 3.63) is 28.8 Å². The SMILES string of the molecule is COc1cc(C2CCNC2)cc(C)c1C. The fraction of sp³-hybridized carbons (Fsp3) is 0.538. The van der Waals surface area contributed by atoms with E-state index in [0.29, 0.717) is 5.92 Å². The Labute approximate surface area is 91.6 Å². The second-order valence-electron chi connectivity index (χ2n) is 4.35. The predicted molar refractivity (Wildman–Crippen MR) is 62.7 cm³/mol. The number of rotatable bonds is 2. The summed E-state index contributed by atoms with van der Waals surface area (Å²) < 4.78 is 5.41. The molecule has 2 nitrogen and oxygen atoms in total. The number of aryl methyl sites for hydroxylation is 1. The molecule has 1 aliphatic heterocycles. The van der Waals surface area contributed by atoms with Crippen LogP contribution in [0.4, 0.5) is 0 Å². The molecule has 1 unspecified atom stereocenters. The molecule has 0 saturated carbocycles. The molecule has 1 aromatic carbocycles. The van der Waals surface area contributed by atoms with Crippen molar-refractivity contribution in [1.82, 2.24) is 5.32 Å². The Morgan fingerprint density at radius 2 is 2.13 bits per heavy atom. The molecule has 2 rings (SSSR count). The topological polar surface area (TPSA) is 21.3 Å². The summed E-state index contributed by atoms with van der Waals surface area (Å²) in [4.78, 5) is 0. The molecule has 1 fully saturated rings. The van der Waals surface area contributed by atoms with Gasteiger partial charge in [-0.1, -0.05) is 6.07 Å². The van der Waals surface area contributed by atoms with Crippen molar-refractivity contribution in [1.29, 1.82) is 0 Å². The van der Waals surface area contributed by atoms with Gasteiger partial charge in [0.1, 0.15) is 5.75 Å². The molecule has 1 heterocycles. The first-order valence-corrected chi connectivity index (χ1v) is 5.58. The van der Waals surface area contributed by atoms with Gasteiger partial charge in [-0.2, -0.15) is 0 Å². The molecule has 1 atom stereocenters. The molecule has 0 aromatic heterocycles. The summed E-state index contributed by atoms with van der Waals surface area (Å²) in [5.41, 5.74) is 4.00. The maximum Gasteiger partial charge on any atom is 0.122 e. The van der Waals surface area contributed by atoms with Gasteiger partial charge < -0.3 is 10.1 Å². The van der Waals surface area contributed by atoms with Crippen molar-refractivity contribution < 1.29 is 4.74 Å². The lowest BCUT2D eigenvalue weighted by molar-refractivity contribution is 0.410. The Morgan fingerprint density at radius 1 is 1.33 bits per heavy atom. The summed E-state index contributed by atoms with van der Waals surface area (Å²) >= 11 is 0. The fourth-order valence-electron chi connectivity index (χ4n) is 2.24. The normalized spacial score (nSPS) is 20.6. The molecular formula is C13H19NO. The maximum atomic E-state index is 5.41. The number of nitrogens with one attached hydrogen (secondary N) is 1. The fourth-order valence-corrected chi connectivity index (χ4v) is 2.24. The highest BCUT2D eigenvalue weighted by Gasteiger charge is 2.18. The van der Waals surface area contributed by atoms with Crippen LogP contribution in [0.25, 0.3) is 0 Å². The first-order chi connectivity index (χ1) is 7.22. The molecule has 1 aromatic rings. The molecular weight excluding hydrogens is 186 g/mol. The summed E-state index contributed by atoms with van der Waals surface area (Å²) in [5.74, 6) is 1.69. The van der Waals surface area contributed by atoms with Gasteiger partial charge in [0.05, 0.1) is 7.11 Å². The number of hydrogen-bond donors (Lipinski definition) is 1. The van der Waals surface area contributed by atoms with Crippen LogP contribution in [0.2, 0.25) is 0 Å². The van der Waals surface area contributed by atoms with E-state index in [1.165, 1.54) is 23.1 Å². The van der Waals surface area contributed by atoms with Gasteiger partial charge in [-0.25, -0.2) is 0 Å². The van der Waals surface area contributed by atoms with Gasteiger partial charge in [0.15, 0.2) is 0 Å². The zero-order chi connectivity index (χ0) is 10.8. The van der Waals surface area contributed by atoms with E-state index in [9.17, 15) is 0 Å². The largest absolute Gasteiger partial charge is 0.496 e. The van der Waals surface area contributed by atoms with Gasteiger partial charge in [-0.15, -0.1) is 0 Å². The van der Waals surface area contributed by atoms with E-state index in [-0.39, 0.29) is 0 Å². The van der Waals surface area contributed by atoms with Crippen molar-refractivity contribution >= 4 is 0 Å². The Hall–Kier alpha value is -1.02. The molecule has 0 amide bonds. The average molecular weight is 205 g/mol. The van der Waals surface area contributed by atoms with E-state index in [1.54, 1.807) is 7.11 Å². The summed E-state index contributed by atoms with van der Waals surface area (Å²) in [6.45, 7) is 6.51. The molecule has 82 valence electrons. The van der Waals surface area contributed by atoms with E-state index in [4.69, 9.17) is 4.74 Å². The number of hydrogen-bond acceptors (Lipinski definition) is 2. The van der Waals surface area contributed by atoms with E-state index < -0.39 is 0 Å². The van der Waals surface area contributed by atoms with E-state index in [1.807, 2.05) is 0 Å². The van der Waals surface area contributed by atoms with Crippen molar-refractivity contribution in [2.75, 3.05) is 20.2 Å². The summed E-state index contributed by atoms with van der Waals surface area (Å²) in [6.07, 6.45) is 1.24. The van der Waals surface area contributed by atoms with Crippen molar-refractivity contribution in [3.63, 3.8) is 0 Å². The molecule has 1 aliphatic rings. The van der Waals surface area contributed by atoms with Crippen LogP contribution in [0, 0.1) is 13.8 Å². The smallest absolute Gasteiger partial charge is 0.122 e. The van der Waals surface area contributed by atoms with Crippen LogP contribution in [0.15, 0.2) is 12.1 Å². The van der Waals surface area contributed by atoms with Crippen LogP contribution in [-0.4, -0.2) is 20.2 Å². The van der Waals surface area contributed by atoms with Crippen LogP contribution in [0.3, 0.4) is 0 Å². The number of methoxy groups -OCH3 is 1. The van der Waals surface area contributed by atoms with Crippen LogP contribution in [0.1, 0.15) is 29.0 Å². The predicted octanol–water partition coefficient (Wildman–Crippen LogP) is 2.39. The van der Waals surface area contributed by atoms with E-state index in [2.05, 4.69) is 31.3 Å². The third-order valence-corrected chi connectivity index (χ3v) is 3.39. The second-order valence-corrected chi connectivity index (χ2v) is 4.35. The first-order valence-electron chi connectivity index (χ1n) is 5.58. The van der Waals surface area contributed by atoms with Gasteiger partial charge in [0.25, 0.3) is 0 Å².